The molecule has 1 aromatic rings. The molecule has 0 aliphatic heterocycles. The Hall–Kier alpha value is -2.43. The Morgan fingerprint density at radius 1 is 1.23 bits per heavy atom. The Bertz CT molecular complexity index is 550. The number of halogens is 1. The molecule has 118 valence electrons. The van der Waals surface area contributed by atoms with E-state index in [9.17, 15) is 14.0 Å². The molecule has 0 aliphatic rings. The van der Waals surface area contributed by atoms with E-state index in [2.05, 4.69) is 5.32 Å². The van der Waals surface area contributed by atoms with Crippen LogP contribution < -0.4 is 5.32 Å². The second-order valence-electron chi connectivity index (χ2n) is 4.64. The van der Waals surface area contributed by atoms with Crippen LogP contribution in [0.4, 0.5) is 4.39 Å². The molecule has 0 saturated heterocycles. The molecule has 0 fully saturated rings. The van der Waals surface area contributed by atoms with Crippen molar-refractivity contribution in [3.05, 3.63) is 60.0 Å². The van der Waals surface area contributed by atoms with Crippen molar-refractivity contribution in [3.63, 3.8) is 0 Å². The molecule has 0 aromatic heterocycles. The molecule has 0 spiro atoms. The van der Waals surface area contributed by atoms with E-state index in [-0.39, 0.29) is 24.2 Å². The predicted octanol–water partition coefficient (Wildman–Crippen LogP) is 2.42. The van der Waals surface area contributed by atoms with Crippen LogP contribution in [0.15, 0.2) is 48.6 Å². The number of rotatable bonds is 7. The number of hydrogen-bond donors (Lipinski definition) is 1. The van der Waals surface area contributed by atoms with Crippen molar-refractivity contribution >= 4 is 11.8 Å². The average Bonchev–Trinajstić information content (AvgIpc) is 2.52. The van der Waals surface area contributed by atoms with E-state index in [0.717, 1.165) is 5.56 Å². The topological polar surface area (TPSA) is 49.4 Å². The fraction of sp³-hybridized carbons (Fsp3) is 0.294. The highest BCUT2D eigenvalue weighted by Crippen LogP contribution is 2.02. The maximum absolute atomic E-state index is 12.8. The van der Waals surface area contributed by atoms with Crippen LogP contribution in [0.3, 0.4) is 0 Å². The van der Waals surface area contributed by atoms with Crippen LogP contribution in [0.5, 0.6) is 0 Å². The second-order valence-corrected chi connectivity index (χ2v) is 4.64. The lowest BCUT2D eigenvalue weighted by molar-refractivity contribution is -0.132. The third-order valence-corrected chi connectivity index (χ3v) is 2.97. The van der Waals surface area contributed by atoms with Crippen molar-refractivity contribution < 1.29 is 14.0 Å². The van der Waals surface area contributed by atoms with Gasteiger partial charge in [0.25, 0.3) is 0 Å². The zero-order valence-corrected chi connectivity index (χ0v) is 12.9. The van der Waals surface area contributed by atoms with Crippen molar-refractivity contribution in [2.24, 2.45) is 0 Å². The minimum Gasteiger partial charge on any atom is -0.350 e. The van der Waals surface area contributed by atoms with Gasteiger partial charge in [0.05, 0.1) is 6.54 Å². The van der Waals surface area contributed by atoms with Crippen LogP contribution in [-0.2, 0) is 16.1 Å². The average molecular weight is 304 g/mol. The number of amides is 2. The van der Waals surface area contributed by atoms with E-state index in [1.807, 2.05) is 19.9 Å². The third kappa shape index (κ3) is 6.35. The van der Waals surface area contributed by atoms with Gasteiger partial charge in [0.1, 0.15) is 5.82 Å². The summed E-state index contributed by atoms with van der Waals surface area (Å²) >= 11 is 0. The highest BCUT2D eigenvalue weighted by molar-refractivity contribution is 5.91. The summed E-state index contributed by atoms with van der Waals surface area (Å²) in [6.45, 7) is 4.42. The largest absolute Gasteiger partial charge is 0.350 e. The fourth-order valence-corrected chi connectivity index (χ4v) is 1.73. The van der Waals surface area contributed by atoms with Crippen LogP contribution in [-0.4, -0.2) is 29.8 Å². The van der Waals surface area contributed by atoms with Gasteiger partial charge in [0.15, 0.2) is 0 Å². The van der Waals surface area contributed by atoms with E-state index in [1.54, 1.807) is 24.3 Å². The zero-order chi connectivity index (χ0) is 16.4. The standard InChI is InChI=1S/C17H21FN2O2/c1-3-5-6-7-17(22)20(4-2)13-16(21)19-12-14-8-10-15(18)11-9-14/h3,5-11H,4,12-13H2,1-2H3,(H,19,21)/b5-3+,7-6+. The van der Waals surface area contributed by atoms with Gasteiger partial charge in [0, 0.05) is 19.2 Å². The maximum atomic E-state index is 12.8. The van der Waals surface area contributed by atoms with Crippen LogP contribution in [0.25, 0.3) is 0 Å². The molecule has 0 unspecified atom stereocenters. The fourth-order valence-electron chi connectivity index (χ4n) is 1.73. The number of likely N-dealkylation sites (N-methyl/N-ethyl adjacent to an activating group) is 1. The van der Waals surface area contributed by atoms with Crippen LogP contribution in [0.1, 0.15) is 19.4 Å². The Labute approximate surface area is 130 Å². The van der Waals surface area contributed by atoms with Crippen molar-refractivity contribution in [2.45, 2.75) is 20.4 Å². The maximum Gasteiger partial charge on any atom is 0.247 e. The Morgan fingerprint density at radius 3 is 2.50 bits per heavy atom. The number of hydrogen-bond acceptors (Lipinski definition) is 2. The summed E-state index contributed by atoms with van der Waals surface area (Å²) in [5, 5.41) is 2.71. The number of nitrogens with zero attached hydrogens (tertiary/aromatic N) is 1. The van der Waals surface area contributed by atoms with Gasteiger partial charge in [-0.25, -0.2) is 4.39 Å². The SMILES string of the molecule is C/C=C/C=C/C(=O)N(CC)CC(=O)NCc1ccc(F)cc1. The molecular weight excluding hydrogens is 283 g/mol. The molecule has 0 aliphatic carbocycles. The molecule has 0 radical (unpaired) electrons. The van der Waals surface area contributed by atoms with Crippen molar-refractivity contribution in [2.75, 3.05) is 13.1 Å². The zero-order valence-electron chi connectivity index (χ0n) is 12.9. The van der Waals surface area contributed by atoms with Crippen molar-refractivity contribution in [1.29, 1.82) is 0 Å². The number of benzene rings is 1. The van der Waals surface area contributed by atoms with Gasteiger partial charge in [-0.15, -0.1) is 0 Å². The lowest BCUT2D eigenvalue weighted by Crippen LogP contribution is -2.39. The first-order chi connectivity index (χ1) is 10.6. The Morgan fingerprint density at radius 2 is 1.91 bits per heavy atom. The van der Waals surface area contributed by atoms with Gasteiger partial charge >= 0.3 is 0 Å². The van der Waals surface area contributed by atoms with Crippen LogP contribution in [0.2, 0.25) is 0 Å². The smallest absolute Gasteiger partial charge is 0.247 e. The summed E-state index contributed by atoms with van der Waals surface area (Å²) in [4.78, 5) is 25.2. The van der Waals surface area contributed by atoms with Gasteiger partial charge < -0.3 is 10.2 Å². The van der Waals surface area contributed by atoms with Crippen LogP contribution in [0, 0.1) is 5.82 Å². The molecule has 0 bridgehead atoms. The summed E-state index contributed by atoms with van der Waals surface area (Å²) in [5.74, 6) is -0.776. The molecule has 5 heteroatoms. The first-order valence-corrected chi connectivity index (χ1v) is 7.16. The summed E-state index contributed by atoms with van der Waals surface area (Å²) in [6, 6.07) is 5.90. The van der Waals surface area contributed by atoms with Gasteiger partial charge in [-0.05, 0) is 31.5 Å². The first kappa shape index (κ1) is 17.6. The van der Waals surface area contributed by atoms with Crippen molar-refractivity contribution in [3.8, 4) is 0 Å². The molecule has 22 heavy (non-hydrogen) atoms. The highest BCUT2D eigenvalue weighted by Gasteiger charge is 2.12. The van der Waals surface area contributed by atoms with Gasteiger partial charge in [-0.1, -0.05) is 30.4 Å². The summed E-state index contributed by atoms with van der Waals surface area (Å²) in [6.07, 6.45) is 6.63. The number of carbonyl (C=O) groups is 2. The second kappa shape index (κ2) is 9.50. The third-order valence-electron chi connectivity index (χ3n) is 2.97. The molecule has 2 amide bonds. The minimum absolute atomic E-state index is 0.00327. The van der Waals surface area contributed by atoms with Crippen molar-refractivity contribution in [1.82, 2.24) is 10.2 Å². The Balaban J connectivity index is 2.47. The molecular formula is C17H21FN2O2. The molecule has 0 heterocycles. The number of carbonyl (C=O) groups excluding carboxylic acids is 2. The predicted molar refractivity (Wildman–Crippen MR) is 84.5 cm³/mol. The van der Waals surface area contributed by atoms with Gasteiger partial charge in [0.2, 0.25) is 11.8 Å². The first-order valence-electron chi connectivity index (χ1n) is 7.16. The summed E-state index contributed by atoms with van der Waals surface area (Å²) in [7, 11) is 0. The molecule has 4 nitrogen and oxygen atoms in total. The Kier molecular flexibility index (Phi) is 7.61. The normalized spacial score (nSPS) is 11.0. The number of allylic oxidation sites excluding steroid dienone is 3. The van der Waals surface area contributed by atoms with Gasteiger partial charge in [-0.3, -0.25) is 9.59 Å². The molecule has 0 saturated carbocycles. The molecule has 1 aromatic carbocycles. The highest BCUT2D eigenvalue weighted by atomic mass is 19.1. The quantitative estimate of drug-likeness (QED) is 0.621. The monoisotopic (exact) mass is 304 g/mol. The molecule has 0 atom stereocenters. The van der Waals surface area contributed by atoms with E-state index in [1.165, 1.54) is 23.1 Å². The summed E-state index contributed by atoms with van der Waals surface area (Å²) < 4.78 is 12.8. The summed E-state index contributed by atoms with van der Waals surface area (Å²) in [5.41, 5.74) is 0.803. The van der Waals surface area contributed by atoms with E-state index in [4.69, 9.17) is 0 Å². The van der Waals surface area contributed by atoms with E-state index >= 15 is 0 Å². The lowest BCUT2D eigenvalue weighted by atomic mass is 10.2. The van der Waals surface area contributed by atoms with E-state index < -0.39 is 0 Å². The van der Waals surface area contributed by atoms with Crippen LogP contribution >= 0.6 is 0 Å². The molecule has 1 N–H and O–H groups in total. The lowest BCUT2D eigenvalue weighted by Gasteiger charge is -2.18. The number of nitrogens with one attached hydrogen (secondary N) is 1. The molecule has 1 rings (SSSR count). The minimum atomic E-state index is -0.314. The van der Waals surface area contributed by atoms with Gasteiger partial charge in [-0.2, -0.15) is 0 Å². The van der Waals surface area contributed by atoms with E-state index in [0.29, 0.717) is 13.1 Å².